The first-order chi connectivity index (χ1) is 11.1. The van der Waals surface area contributed by atoms with Crippen molar-refractivity contribution in [1.82, 2.24) is 0 Å². The number of rotatable bonds is 1. The quantitative estimate of drug-likeness (QED) is 0.880. The molecule has 2 aromatic rings. The van der Waals surface area contributed by atoms with Crippen molar-refractivity contribution in [3.8, 4) is 0 Å². The number of nitrogens with one attached hydrogen (secondary N) is 1. The molecule has 0 aromatic heterocycles. The zero-order valence-corrected chi connectivity index (χ0v) is 12.4. The molecule has 2 aliphatic rings. The summed E-state index contributed by atoms with van der Waals surface area (Å²) >= 11 is 0. The van der Waals surface area contributed by atoms with Crippen molar-refractivity contribution >= 4 is 23.2 Å². The van der Waals surface area contributed by atoms with E-state index in [4.69, 9.17) is 0 Å². The molecule has 0 saturated carbocycles. The first kappa shape index (κ1) is 13.9. The fourth-order valence-corrected chi connectivity index (χ4v) is 3.27. The van der Waals surface area contributed by atoms with E-state index in [2.05, 4.69) is 5.32 Å². The maximum atomic E-state index is 13.4. The minimum atomic E-state index is -0.332. The smallest absolute Gasteiger partial charge is 0.234 e. The number of hydrogen-bond donors (Lipinski definition) is 1. The molecule has 1 N–H and O–H groups in total. The van der Waals surface area contributed by atoms with Crippen LogP contribution in [0.4, 0.5) is 15.8 Å². The molecule has 2 aromatic carbocycles. The van der Waals surface area contributed by atoms with Crippen molar-refractivity contribution in [2.75, 3.05) is 16.8 Å². The van der Waals surface area contributed by atoms with Crippen molar-refractivity contribution in [2.24, 2.45) is 0 Å². The minimum Gasteiger partial charge on any atom is -0.324 e. The number of fused-ring (bicyclic) bond motifs is 2. The van der Waals surface area contributed by atoms with Crippen molar-refractivity contribution in [1.29, 1.82) is 0 Å². The minimum absolute atomic E-state index is 0.0768. The highest BCUT2D eigenvalue weighted by molar-refractivity contribution is 6.06. The lowest BCUT2D eigenvalue weighted by molar-refractivity contribution is -0.120. The predicted octanol–water partition coefficient (Wildman–Crippen LogP) is 2.84. The molecule has 1 atom stereocenters. The molecule has 5 heteroatoms. The molecule has 4 nitrogen and oxygen atoms in total. The summed E-state index contributed by atoms with van der Waals surface area (Å²) in [5.74, 6) is -0.837. The fraction of sp³-hybridized carbons (Fsp3) is 0.222. The second kappa shape index (κ2) is 5.19. The average Bonchev–Trinajstić information content (AvgIpc) is 2.68. The lowest BCUT2D eigenvalue weighted by Gasteiger charge is -2.34. The van der Waals surface area contributed by atoms with Gasteiger partial charge in [-0.1, -0.05) is 18.2 Å². The maximum absolute atomic E-state index is 13.4. The molecular formula is C18H15FN2O2. The number of para-hydroxylation sites is 2. The van der Waals surface area contributed by atoms with E-state index in [9.17, 15) is 14.0 Å². The van der Waals surface area contributed by atoms with Gasteiger partial charge in [-0.05, 0) is 41.8 Å². The summed E-state index contributed by atoms with van der Waals surface area (Å²) in [6, 6.07) is 11.9. The Hall–Kier alpha value is -2.69. The van der Waals surface area contributed by atoms with Gasteiger partial charge < -0.3 is 10.2 Å². The summed E-state index contributed by atoms with van der Waals surface area (Å²) in [7, 11) is 0. The van der Waals surface area contributed by atoms with Crippen LogP contribution in [0.5, 0.6) is 0 Å². The molecule has 1 unspecified atom stereocenters. The standard InChI is InChI=1S/C18H15FN2O2/c19-12-6-5-11-9-14(13(11)10-12)18(23)21-8-7-17(22)20-15-3-1-2-4-16(15)21/h1-6,10,14H,7-9H2,(H,20,22). The molecule has 0 spiro atoms. The van der Waals surface area contributed by atoms with E-state index in [1.54, 1.807) is 17.0 Å². The molecule has 1 aliphatic carbocycles. The molecular weight excluding hydrogens is 295 g/mol. The van der Waals surface area contributed by atoms with Crippen LogP contribution in [-0.2, 0) is 16.0 Å². The van der Waals surface area contributed by atoms with Gasteiger partial charge in [0.15, 0.2) is 0 Å². The van der Waals surface area contributed by atoms with Gasteiger partial charge in [0.1, 0.15) is 5.82 Å². The molecule has 0 fully saturated rings. The van der Waals surface area contributed by atoms with Gasteiger partial charge in [0.05, 0.1) is 17.3 Å². The van der Waals surface area contributed by atoms with Crippen LogP contribution in [0, 0.1) is 5.82 Å². The largest absolute Gasteiger partial charge is 0.324 e. The molecule has 0 saturated heterocycles. The third-order valence-electron chi connectivity index (χ3n) is 4.50. The van der Waals surface area contributed by atoms with Crippen LogP contribution in [0.3, 0.4) is 0 Å². The van der Waals surface area contributed by atoms with Gasteiger partial charge in [0.2, 0.25) is 11.8 Å². The number of halogens is 1. The summed E-state index contributed by atoms with van der Waals surface area (Å²) in [5.41, 5.74) is 3.12. The van der Waals surface area contributed by atoms with E-state index in [1.807, 2.05) is 18.2 Å². The van der Waals surface area contributed by atoms with Gasteiger partial charge in [-0.2, -0.15) is 0 Å². The Bertz CT molecular complexity index is 818. The van der Waals surface area contributed by atoms with Crippen molar-refractivity contribution < 1.29 is 14.0 Å². The van der Waals surface area contributed by atoms with Gasteiger partial charge >= 0.3 is 0 Å². The zero-order chi connectivity index (χ0) is 16.0. The highest BCUT2D eigenvalue weighted by Gasteiger charge is 2.37. The number of anilines is 2. The van der Waals surface area contributed by atoms with Crippen molar-refractivity contribution in [3.63, 3.8) is 0 Å². The normalized spacial score (nSPS) is 19.1. The molecule has 1 aliphatic heterocycles. The number of hydrogen-bond acceptors (Lipinski definition) is 2. The average molecular weight is 310 g/mol. The molecule has 4 rings (SSSR count). The number of carbonyl (C=O) groups excluding carboxylic acids is 2. The molecule has 1 heterocycles. The molecule has 0 radical (unpaired) electrons. The summed E-state index contributed by atoms with van der Waals surface area (Å²) in [6.07, 6.45) is 0.873. The van der Waals surface area contributed by atoms with Crippen LogP contribution in [0.15, 0.2) is 42.5 Å². The monoisotopic (exact) mass is 310 g/mol. The predicted molar refractivity (Wildman–Crippen MR) is 84.9 cm³/mol. The van der Waals surface area contributed by atoms with E-state index >= 15 is 0 Å². The summed E-state index contributed by atoms with van der Waals surface area (Å²) in [6.45, 7) is 0.336. The third-order valence-corrected chi connectivity index (χ3v) is 4.50. The van der Waals surface area contributed by atoms with Crippen molar-refractivity contribution in [3.05, 3.63) is 59.4 Å². The first-order valence-electron chi connectivity index (χ1n) is 7.62. The third kappa shape index (κ3) is 2.29. The Labute approximate surface area is 132 Å². The van der Waals surface area contributed by atoms with E-state index < -0.39 is 0 Å². The lowest BCUT2D eigenvalue weighted by Crippen LogP contribution is -2.40. The van der Waals surface area contributed by atoms with Crippen LogP contribution < -0.4 is 10.2 Å². The lowest BCUT2D eigenvalue weighted by atomic mass is 9.76. The highest BCUT2D eigenvalue weighted by Crippen LogP contribution is 2.39. The second-order valence-electron chi connectivity index (χ2n) is 5.91. The summed E-state index contributed by atoms with van der Waals surface area (Å²) < 4.78 is 13.4. The first-order valence-corrected chi connectivity index (χ1v) is 7.62. The van der Waals surface area contributed by atoms with Crippen LogP contribution in [-0.4, -0.2) is 18.4 Å². The topological polar surface area (TPSA) is 49.4 Å². The molecule has 2 amide bonds. The highest BCUT2D eigenvalue weighted by atomic mass is 19.1. The van der Waals surface area contributed by atoms with Gasteiger partial charge in [0, 0.05) is 13.0 Å². The molecule has 0 bridgehead atoms. The van der Waals surface area contributed by atoms with Crippen molar-refractivity contribution in [2.45, 2.75) is 18.8 Å². The Balaban J connectivity index is 1.68. The number of amides is 2. The van der Waals surface area contributed by atoms with E-state index in [1.165, 1.54) is 12.1 Å². The van der Waals surface area contributed by atoms with E-state index in [-0.39, 0.29) is 30.0 Å². The van der Waals surface area contributed by atoms with Crippen LogP contribution in [0.2, 0.25) is 0 Å². The summed E-state index contributed by atoms with van der Waals surface area (Å²) in [5, 5.41) is 2.82. The Morgan fingerprint density at radius 3 is 2.91 bits per heavy atom. The van der Waals surface area contributed by atoms with Crippen LogP contribution in [0.1, 0.15) is 23.5 Å². The van der Waals surface area contributed by atoms with E-state index in [0.29, 0.717) is 24.3 Å². The fourth-order valence-electron chi connectivity index (χ4n) is 3.27. The Kier molecular flexibility index (Phi) is 3.15. The van der Waals surface area contributed by atoms with Gasteiger partial charge in [0.25, 0.3) is 0 Å². The van der Waals surface area contributed by atoms with Crippen LogP contribution in [0.25, 0.3) is 0 Å². The zero-order valence-electron chi connectivity index (χ0n) is 12.4. The van der Waals surface area contributed by atoms with Gasteiger partial charge in [-0.15, -0.1) is 0 Å². The molecule has 116 valence electrons. The maximum Gasteiger partial charge on any atom is 0.234 e. The summed E-state index contributed by atoms with van der Waals surface area (Å²) in [4.78, 5) is 26.4. The van der Waals surface area contributed by atoms with E-state index in [0.717, 1.165) is 11.1 Å². The molecule has 23 heavy (non-hydrogen) atoms. The number of benzene rings is 2. The van der Waals surface area contributed by atoms with Crippen LogP contribution >= 0.6 is 0 Å². The van der Waals surface area contributed by atoms with Gasteiger partial charge in [-0.25, -0.2) is 4.39 Å². The number of nitrogens with zero attached hydrogens (tertiary/aromatic N) is 1. The Morgan fingerprint density at radius 2 is 2.04 bits per heavy atom. The van der Waals surface area contributed by atoms with Gasteiger partial charge in [-0.3, -0.25) is 9.59 Å². The number of carbonyl (C=O) groups is 2. The second-order valence-corrected chi connectivity index (χ2v) is 5.91. The SMILES string of the molecule is O=C1CCN(C(=O)C2Cc3ccc(F)cc32)c2ccccc2N1. The Morgan fingerprint density at radius 1 is 1.22 bits per heavy atom.